The smallest absolute Gasteiger partial charge is 0.251 e. The average molecular weight is 492 g/mol. The Morgan fingerprint density at radius 1 is 0.750 bits per heavy atom. The summed E-state index contributed by atoms with van der Waals surface area (Å²) in [5, 5.41) is 13.3. The quantitative estimate of drug-likeness (QED) is 0.285. The number of ether oxygens (including phenoxy) is 3. The van der Waals surface area contributed by atoms with Crippen molar-refractivity contribution in [2.24, 2.45) is 0 Å². The first-order valence-corrected chi connectivity index (χ1v) is 12.6. The molecule has 0 aliphatic heterocycles. The maximum Gasteiger partial charge on any atom is 0.251 e. The molecule has 1 amide bonds. The molecule has 3 aromatic carbocycles. The zero-order valence-corrected chi connectivity index (χ0v) is 20.9. The van der Waals surface area contributed by atoms with Gasteiger partial charge in [0.2, 0.25) is 0 Å². The van der Waals surface area contributed by atoms with Crippen LogP contribution in [0.5, 0.6) is 0 Å². The predicted molar refractivity (Wildman–Crippen MR) is 140 cm³/mol. The van der Waals surface area contributed by atoms with Crippen LogP contribution in [0.2, 0.25) is 0 Å². The number of hydrogen-bond donors (Lipinski definition) is 2. The van der Waals surface area contributed by atoms with Crippen molar-refractivity contribution in [2.45, 2.75) is 57.9 Å². The minimum atomic E-state index is -0.973. The molecular formula is C30H37NO5. The largest absolute Gasteiger partial charge is 0.394 e. The van der Waals surface area contributed by atoms with Gasteiger partial charge in [-0.2, -0.15) is 0 Å². The standard InChI is InChI=1S/C30H37NO5/c1-2-3-19-31-30(33)29(36-23-26-17-11-6-12-18-26)28(35-22-25-15-9-5-10-16-25)27(20-32)34-21-24-13-7-4-8-14-24/h4-18,27-29,32H,2-3,19-23H2,1H3,(H,31,33)/t27-,28-,29+/m0/s1. The normalized spacial score (nSPS) is 13.6. The summed E-state index contributed by atoms with van der Waals surface area (Å²) < 4.78 is 18.6. The Bertz CT molecular complexity index is 984. The highest BCUT2D eigenvalue weighted by atomic mass is 16.6. The molecule has 6 heteroatoms. The van der Waals surface area contributed by atoms with Crippen molar-refractivity contribution in [3.8, 4) is 0 Å². The highest BCUT2D eigenvalue weighted by Gasteiger charge is 2.37. The van der Waals surface area contributed by atoms with Crippen molar-refractivity contribution in [1.29, 1.82) is 0 Å². The van der Waals surface area contributed by atoms with E-state index >= 15 is 0 Å². The first-order valence-electron chi connectivity index (χ1n) is 12.6. The molecule has 192 valence electrons. The van der Waals surface area contributed by atoms with Crippen molar-refractivity contribution in [1.82, 2.24) is 5.32 Å². The fraction of sp³-hybridized carbons (Fsp3) is 0.367. The van der Waals surface area contributed by atoms with Gasteiger partial charge in [0.1, 0.15) is 12.2 Å². The lowest BCUT2D eigenvalue weighted by Crippen LogP contribution is -2.52. The van der Waals surface area contributed by atoms with Crippen LogP contribution >= 0.6 is 0 Å². The van der Waals surface area contributed by atoms with E-state index in [0.717, 1.165) is 29.5 Å². The maximum absolute atomic E-state index is 13.3. The second-order valence-electron chi connectivity index (χ2n) is 8.64. The van der Waals surface area contributed by atoms with Gasteiger partial charge in [-0.1, -0.05) is 104 Å². The first-order chi connectivity index (χ1) is 17.7. The Hall–Kier alpha value is -3.03. The fourth-order valence-corrected chi connectivity index (χ4v) is 3.75. The number of unbranched alkanes of at least 4 members (excludes halogenated alkanes) is 1. The Kier molecular flexibility index (Phi) is 12.1. The van der Waals surface area contributed by atoms with Crippen LogP contribution in [0.15, 0.2) is 91.0 Å². The summed E-state index contributed by atoms with van der Waals surface area (Å²) in [6.07, 6.45) is -0.751. The molecule has 0 saturated heterocycles. The first kappa shape index (κ1) is 27.6. The van der Waals surface area contributed by atoms with Gasteiger partial charge >= 0.3 is 0 Å². The van der Waals surface area contributed by atoms with E-state index in [2.05, 4.69) is 12.2 Å². The number of nitrogens with one attached hydrogen (secondary N) is 1. The van der Waals surface area contributed by atoms with Gasteiger partial charge in [0.05, 0.1) is 26.4 Å². The number of carbonyl (C=O) groups excluding carboxylic acids is 1. The van der Waals surface area contributed by atoms with E-state index in [1.165, 1.54) is 0 Å². The van der Waals surface area contributed by atoms with Crippen LogP contribution in [0, 0.1) is 0 Å². The second-order valence-corrected chi connectivity index (χ2v) is 8.64. The van der Waals surface area contributed by atoms with Crippen molar-refractivity contribution >= 4 is 5.91 Å². The number of benzene rings is 3. The molecular weight excluding hydrogens is 454 g/mol. The van der Waals surface area contributed by atoms with Crippen LogP contribution in [0.4, 0.5) is 0 Å². The summed E-state index contributed by atoms with van der Waals surface area (Å²) in [7, 11) is 0. The molecule has 6 nitrogen and oxygen atoms in total. The van der Waals surface area contributed by atoms with Crippen molar-refractivity contribution in [2.75, 3.05) is 13.2 Å². The number of rotatable bonds is 16. The molecule has 0 unspecified atom stereocenters. The summed E-state index contributed by atoms with van der Waals surface area (Å²) >= 11 is 0. The molecule has 0 bridgehead atoms. The van der Waals surface area contributed by atoms with Crippen LogP contribution in [0.1, 0.15) is 36.5 Å². The molecule has 0 radical (unpaired) electrons. The lowest BCUT2D eigenvalue weighted by molar-refractivity contribution is -0.174. The lowest BCUT2D eigenvalue weighted by Gasteiger charge is -2.32. The number of amides is 1. The van der Waals surface area contributed by atoms with Crippen molar-refractivity contribution < 1.29 is 24.1 Å². The third kappa shape index (κ3) is 9.21. The molecule has 0 aliphatic rings. The molecule has 0 saturated carbocycles. The highest BCUT2D eigenvalue weighted by molar-refractivity contribution is 5.81. The fourth-order valence-electron chi connectivity index (χ4n) is 3.75. The zero-order chi connectivity index (χ0) is 25.4. The molecule has 0 heterocycles. The van der Waals surface area contributed by atoms with Crippen LogP contribution in [0.25, 0.3) is 0 Å². The van der Waals surface area contributed by atoms with Crippen molar-refractivity contribution in [3.63, 3.8) is 0 Å². The number of carbonyl (C=O) groups is 1. The summed E-state index contributed by atoms with van der Waals surface area (Å²) in [4.78, 5) is 13.3. The Balaban J connectivity index is 1.82. The summed E-state index contributed by atoms with van der Waals surface area (Å²) in [6.45, 7) is 3.06. The van der Waals surface area contributed by atoms with E-state index in [1.807, 2.05) is 91.0 Å². The van der Waals surface area contributed by atoms with Gasteiger partial charge in [0.15, 0.2) is 6.10 Å². The monoisotopic (exact) mass is 491 g/mol. The molecule has 0 fully saturated rings. The van der Waals surface area contributed by atoms with Gasteiger partial charge in [-0.25, -0.2) is 0 Å². The molecule has 36 heavy (non-hydrogen) atoms. The van der Waals surface area contributed by atoms with Crippen LogP contribution in [-0.2, 0) is 38.8 Å². The van der Waals surface area contributed by atoms with E-state index < -0.39 is 18.3 Å². The molecule has 0 aromatic heterocycles. The third-order valence-corrected chi connectivity index (χ3v) is 5.80. The minimum Gasteiger partial charge on any atom is -0.394 e. The summed E-state index contributed by atoms with van der Waals surface area (Å²) in [5.74, 6) is -0.279. The van der Waals surface area contributed by atoms with E-state index in [-0.39, 0.29) is 32.3 Å². The molecule has 3 atom stereocenters. The topological polar surface area (TPSA) is 77.0 Å². The highest BCUT2D eigenvalue weighted by Crippen LogP contribution is 2.19. The van der Waals surface area contributed by atoms with E-state index in [4.69, 9.17) is 14.2 Å². The predicted octanol–water partition coefficient (Wildman–Crippen LogP) is 4.65. The van der Waals surface area contributed by atoms with Gasteiger partial charge in [-0.3, -0.25) is 4.79 Å². The zero-order valence-electron chi connectivity index (χ0n) is 20.9. The van der Waals surface area contributed by atoms with Crippen LogP contribution in [-0.4, -0.2) is 42.5 Å². The van der Waals surface area contributed by atoms with E-state index in [9.17, 15) is 9.90 Å². The number of aliphatic hydroxyl groups excluding tert-OH is 1. The number of aliphatic hydroxyl groups is 1. The van der Waals surface area contributed by atoms with E-state index in [0.29, 0.717) is 6.54 Å². The summed E-state index contributed by atoms with van der Waals surface area (Å²) in [6, 6.07) is 29.1. The van der Waals surface area contributed by atoms with Crippen molar-refractivity contribution in [3.05, 3.63) is 108 Å². The molecule has 2 N–H and O–H groups in total. The van der Waals surface area contributed by atoms with Gasteiger partial charge in [0, 0.05) is 6.54 Å². The van der Waals surface area contributed by atoms with E-state index in [1.54, 1.807) is 0 Å². The van der Waals surface area contributed by atoms with Gasteiger partial charge in [-0.15, -0.1) is 0 Å². The second kappa shape index (κ2) is 15.9. The molecule has 0 spiro atoms. The van der Waals surface area contributed by atoms with Gasteiger partial charge < -0.3 is 24.6 Å². The summed E-state index contributed by atoms with van der Waals surface area (Å²) in [5.41, 5.74) is 2.86. The van der Waals surface area contributed by atoms with Crippen LogP contribution in [0.3, 0.4) is 0 Å². The Labute approximate surface area is 214 Å². The van der Waals surface area contributed by atoms with Crippen LogP contribution < -0.4 is 5.32 Å². The maximum atomic E-state index is 13.3. The average Bonchev–Trinajstić information content (AvgIpc) is 2.93. The Morgan fingerprint density at radius 2 is 1.22 bits per heavy atom. The molecule has 0 aliphatic carbocycles. The lowest BCUT2D eigenvalue weighted by atomic mass is 10.1. The Morgan fingerprint density at radius 3 is 1.69 bits per heavy atom. The molecule has 3 aromatic rings. The third-order valence-electron chi connectivity index (χ3n) is 5.80. The SMILES string of the molecule is CCCCNC(=O)[C@H](OCc1ccccc1)[C@@H](OCc1ccccc1)[C@H](CO)OCc1ccccc1. The van der Waals surface area contributed by atoms with Gasteiger partial charge in [0.25, 0.3) is 5.91 Å². The van der Waals surface area contributed by atoms with Gasteiger partial charge in [-0.05, 0) is 23.1 Å². The molecule has 3 rings (SSSR count). The number of hydrogen-bond acceptors (Lipinski definition) is 5. The minimum absolute atomic E-state index is 0.231.